The summed E-state index contributed by atoms with van der Waals surface area (Å²) in [5, 5.41) is 3.03. The van der Waals surface area contributed by atoms with E-state index in [0.29, 0.717) is 13.2 Å². The van der Waals surface area contributed by atoms with Crippen LogP contribution in [-0.2, 0) is 17.9 Å². The first kappa shape index (κ1) is 17.5. The third-order valence-electron chi connectivity index (χ3n) is 4.72. The highest BCUT2D eigenvalue weighted by Gasteiger charge is 2.24. The maximum atomic E-state index is 12.3. The van der Waals surface area contributed by atoms with Crippen LogP contribution in [0.1, 0.15) is 36.8 Å². The molecule has 0 aliphatic heterocycles. The van der Waals surface area contributed by atoms with E-state index in [0.717, 1.165) is 42.6 Å². The van der Waals surface area contributed by atoms with Gasteiger partial charge in [0.05, 0.1) is 0 Å². The lowest BCUT2D eigenvalue weighted by Crippen LogP contribution is -2.37. The minimum atomic E-state index is 0.0669. The Labute approximate surface area is 149 Å². The van der Waals surface area contributed by atoms with Gasteiger partial charge >= 0.3 is 0 Å². The number of carbonyl (C=O) groups excluding carboxylic acids is 1. The van der Waals surface area contributed by atoms with Crippen molar-refractivity contribution in [3.63, 3.8) is 0 Å². The van der Waals surface area contributed by atoms with Crippen molar-refractivity contribution in [2.24, 2.45) is 11.7 Å². The molecule has 1 fully saturated rings. The number of hydrogen-bond acceptors (Lipinski definition) is 3. The highest BCUT2D eigenvalue weighted by atomic mass is 16.5. The smallest absolute Gasteiger partial charge is 0.223 e. The van der Waals surface area contributed by atoms with Crippen LogP contribution in [0.3, 0.4) is 0 Å². The van der Waals surface area contributed by atoms with E-state index in [1.165, 1.54) is 0 Å². The zero-order valence-corrected chi connectivity index (χ0v) is 14.5. The van der Waals surface area contributed by atoms with Crippen molar-refractivity contribution in [2.75, 3.05) is 0 Å². The molecule has 1 aliphatic rings. The molecule has 1 aliphatic carbocycles. The van der Waals surface area contributed by atoms with Crippen LogP contribution in [0.4, 0.5) is 0 Å². The standard InChI is InChI=1S/C21H26N2O2/c22-19-8-4-7-18(13-19)21(24)23-14-16-9-11-20(12-10-16)25-15-17-5-2-1-3-6-17/h1-3,5-6,9-12,18-19H,4,7-8,13-15,22H2,(H,23,24). The van der Waals surface area contributed by atoms with Gasteiger partial charge in [-0.2, -0.15) is 0 Å². The molecule has 2 aromatic rings. The van der Waals surface area contributed by atoms with Gasteiger partial charge in [-0.15, -0.1) is 0 Å². The number of rotatable bonds is 6. The Morgan fingerprint density at radius 2 is 1.80 bits per heavy atom. The summed E-state index contributed by atoms with van der Waals surface area (Å²) in [5.41, 5.74) is 8.18. The Morgan fingerprint density at radius 3 is 2.52 bits per heavy atom. The predicted octanol–water partition coefficient (Wildman–Crippen LogP) is 3.40. The third-order valence-corrected chi connectivity index (χ3v) is 4.72. The van der Waals surface area contributed by atoms with E-state index >= 15 is 0 Å². The fraction of sp³-hybridized carbons (Fsp3) is 0.381. The van der Waals surface area contributed by atoms with Crippen molar-refractivity contribution in [3.8, 4) is 5.75 Å². The summed E-state index contributed by atoms with van der Waals surface area (Å²) in [6.07, 6.45) is 3.84. The minimum Gasteiger partial charge on any atom is -0.489 e. The van der Waals surface area contributed by atoms with E-state index in [4.69, 9.17) is 10.5 Å². The molecule has 4 heteroatoms. The van der Waals surface area contributed by atoms with Gasteiger partial charge in [0.25, 0.3) is 0 Å². The fourth-order valence-corrected chi connectivity index (χ4v) is 3.24. The molecule has 2 aromatic carbocycles. The molecule has 4 nitrogen and oxygen atoms in total. The van der Waals surface area contributed by atoms with Crippen LogP contribution < -0.4 is 15.8 Å². The van der Waals surface area contributed by atoms with Crippen LogP contribution in [0.25, 0.3) is 0 Å². The maximum absolute atomic E-state index is 12.3. The van der Waals surface area contributed by atoms with E-state index < -0.39 is 0 Å². The Morgan fingerprint density at radius 1 is 1.04 bits per heavy atom. The van der Waals surface area contributed by atoms with Gasteiger partial charge < -0.3 is 15.8 Å². The minimum absolute atomic E-state index is 0.0669. The van der Waals surface area contributed by atoms with Gasteiger partial charge in [-0.1, -0.05) is 48.9 Å². The van der Waals surface area contributed by atoms with Crippen molar-refractivity contribution in [3.05, 3.63) is 65.7 Å². The van der Waals surface area contributed by atoms with Crippen molar-refractivity contribution in [1.29, 1.82) is 0 Å². The summed E-state index contributed by atoms with van der Waals surface area (Å²) >= 11 is 0. The normalized spacial score (nSPS) is 20.0. The molecule has 1 amide bonds. The van der Waals surface area contributed by atoms with Crippen LogP contribution in [-0.4, -0.2) is 11.9 Å². The van der Waals surface area contributed by atoms with Gasteiger partial charge in [-0.3, -0.25) is 4.79 Å². The summed E-state index contributed by atoms with van der Waals surface area (Å²) in [6, 6.07) is 18.1. The Bertz CT molecular complexity index is 670. The average Bonchev–Trinajstić information content (AvgIpc) is 2.66. The first-order chi connectivity index (χ1) is 12.2. The molecule has 0 spiro atoms. The Balaban J connectivity index is 1.45. The lowest BCUT2D eigenvalue weighted by atomic mass is 9.85. The number of amides is 1. The molecular weight excluding hydrogens is 312 g/mol. The molecule has 2 atom stereocenters. The first-order valence-corrected chi connectivity index (χ1v) is 8.99. The molecule has 0 bridgehead atoms. The number of nitrogens with two attached hydrogens (primary N) is 1. The third kappa shape index (κ3) is 5.33. The molecule has 3 rings (SSSR count). The number of nitrogens with one attached hydrogen (secondary N) is 1. The van der Waals surface area contributed by atoms with Gasteiger partial charge in [-0.25, -0.2) is 0 Å². The molecule has 3 N–H and O–H groups in total. The highest BCUT2D eigenvalue weighted by Crippen LogP contribution is 2.23. The molecular formula is C21H26N2O2. The second-order valence-corrected chi connectivity index (χ2v) is 6.76. The van der Waals surface area contributed by atoms with Gasteiger partial charge in [0.2, 0.25) is 5.91 Å². The molecule has 0 aromatic heterocycles. The molecule has 132 valence electrons. The fourth-order valence-electron chi connectivity index (χ4n) is 3.24. The van der Waals surface area contributed by atoms with E-state index in [2.05, 4.69) is 5.32 Å². The largest absolute Gasteiger partial charge is 0.489 e. The summed E-state index contributed by atoms with van der Waals surface area (Å²) in [7, 11) is 0. The lowest BCUT2D eigenvalue weighted by Gasteiger charge is -2.25. The summed E-state index contributed by atoms with van der Waals surface area (Å²) in [5.74, 6) is 1.02. The number of hydrogen-bond donors (Lipinski definition) is 2. The second kappa shape index (κ2) is 8.67. The van der Waals surface area contributed by atoms with Gasteiger partial charge in [0, 0.05) is 18.5 Å². The summed E-state index contributed by atoms with van der Waals surface area (Å²) in [6.45, 7) is 1.10. The van der Waals surface area contributed by atoms with E-state index in [1.54, 1.807) is 0 Å². The molecule has 1 saturated carbocycles. The monoisotopic (exact) mass is 338 g/mol. The van der Waals surface area contributed by atoms with Crippen LogP contribution in [0.5, 0.6) is 5.75 Å². The quantitative estimate of drug-likeness (QED) is 0.848. The Kier molecular flexibility index (Phi) is 6.07. The zero-order chi connectivity index (χ0) is 17.5. The molecule has 0 heterocycles. The first-order valence-electron chi connectivity index (χ1n) is 8.99. The lowest BCUT2D eigenvalue weighted by molar-refractivity contribution is -0.126. The van der Waals surface area contributed by atoms with Gasteiger partial charge in [-0.05, 0) is 42.5 Å². The molecule has 25 heavy (non-hydrogen) atoms. The zero-order valence-electron chi connectivity index (χ0n) is 14.5. The van der Waals surface area contributed by atoms with Gasteiger partial charge in [0.15, 0.2) is 0 Å². The topological polar surface area (TPSA) is 64.4 Å². The van der Waals surface area contributed by atoms with Crippen LogP contribution in [0.2, 0.25) is 0 Å². The van der Waals surface area contributed by atoms with E-state index in [1.807, 2.05) is 54.6 Å². The van der Waals surface area contributed by atoms with E-state index in [9.17, 15) is 4.79 Å². The van der Waals surface area contributed by atoms with Crippen molar-refractivity contribution < 1.29 is 9.53 Å². The van der Waals surface area contributed by atoms with Crippen LogP contribution in [0, 0.1) is 5.92 Å². The van der Waals surface area contributed by atoms with Crippen molar-refractivity contribution in [1.82, 2.24) is 5.32 Å². The van der Waals surface area contributed by atoms with Crippen LogP contribution in [0.15, 0.2) is 54.6 Å². The number of benzene rings is 2. The van der Waals surface area contributed by atoms with E-state index in [-0.39, 0.29) is 17.9 Å². The summed E-state index contributed by atoms with van der Waals surface area (Å²) < 4.78 is 5.78. The van der Waals surface area contributed by atoms with Crippen molar-refractivity contribution in [2.45, 2.75) is 44.9 Å². The van der Waals surface area contributed by atoms with Crippen LogP contribution >= 0.6 is 0 Å². The second-order valence-electron chi connectivity index (χ2n) is 6.76. The molecule has 0 radical (unpaired) electrons. The predicted molar refractivity (Wildman–Crippen MR) is 99.0 cm³/mol. The highest BCUT2D eigenvalue weighted by molar-refractivity contribution is 5.78. The average molecular weight is 338 g/mol. The maximum Gasteiger partial charge on any atom is 0.223 e. The molecule has 0 saturated heterocycles. The number of ether oxygens (including phenoxy) is 1. The van der Waals surface area contributed by atoms with Crippen molar-refractivity contribution >= 4 is 5.91 Å². The number of carbonyl (C=O) groups is 1. The van der Waals surface area contributed by atoms with Gasteiger partial charge in [0.1, 0.15) is 12.4 Å². The Hall–Kier alpha value is -2.33. The molecule has 2 unspecified atom stereocenters. The summed E-state index contributed by atoms with van der Waals surface area (Å²) in [4.78, 5) is 12.3. The SMILES string of the molecule is NC1CCCC(C(=O)NCc2ccc(OCc3ccccc3)cc2)C1.